The molecule has 0 saturated carbocycles. The van der Waals surface area contributed by atoms with Gasteiger partial charge >= 0.3 is 0 Å². The molecule has 6 nitrogen and oxygen atoms in total. The van der Waals surface area contributed by atoms with Crippen LogP contribution in [0.2, 0.25) is 5.02 Å². The van der Waals surface area contributed by atoms with Crippen LogP contribution in [-0.2, 0) is 11.3 Å². The minimum Gasteiger partial charge on any atom is -0.483 e. The first-order valence-corrected chi connectivity index (χ1v) is 9.31. The molecule has 1 amide bonds. The Kier molecular flexibility index (Phi) is 6.13. The minimum atomic E-state index is -0.208. The largest absolute Gasteiger partial charge is 0.483 e. The van der Waals surface area contributed by atoms with E-state index in [9.17, 15) is 4.79 Å². The van der Waals surface area contributed by atoms with E-state index < -0.39 is 0 Å². The van der Waals surface area contributed by atoms with Crippen LogP contribution in [-0.4, -0.2) is 34.6 Å². The van der Waals surface area contributed by atoms with Crippen LogP contribution in [0.15, 0.2) is 51.5 Å². The van der Waals surface area contributed by atoms with Crippen molar-refractivity contribution in [1.29, 1.82) is 0 Å². The molecule has 8 heteroatoms. The summed E-state index contributed by atoms with van der Waals surface area (Å²) in [5, 5.41) is 4.46. The van der Waals surface area contributed by atoms with Gasteiger partial charge in [0.15, 0.2) is 6.61 Å². The number of carbonyl (C=O) groups is 1. The highest BCUT2D eigenvalue weighted by Gasteiger charge is 2.16. The van der Waals surface area contributed by atoms with Crippen molar-refractivity contribution < 1.29 is 14.1 Å². The van der Waals surface area contributed by atoms with Gasteiger partial charge in [-0.25, -0.2) is 0 Å². The van der Waals surface area contributed by atoms with E-state index in [-0.39, 0.29) is 19.1 Å². The summed E-state index contributed by atoms with van der Waals surface area (Å²) in [7, 11) is 1.65. The van der Waals surface area contributed by atoms with Crippen molar-refractivity contribution in [3.05, 3.63) is 63.4 Å². The van der Waals surface area contributed by atoms with Gasteiger partial charge in [0.25, 0.3) is 5.91 Å². The van der Waals surface area contributed by atoms with E-state index in [0.717, 1.165) is 10.0 Å². The number of ether oxygens (including phenoxy) is 1. The number of rotatable bonds is 6. The molecule has 3 rings (SSSR count). The van der Waals surface area contributed by atoms with E-state index in [4.69, 9.17) is 20.9 Å². The van der Waals surface area contributed by atoms with Crippen LogP contribution >= 0.6 is 27.5 Å². The topological polar surface area (TPSA) is 68.5 Å². The zero-order valence-corrected chi connectivity index (χ0v) is 17.1. The quantitative estimate of drug-likeness (QED) is 0.553. The van der Waals surface area contributed by atoms with E-state index in [0.29, 0.717) is 28.1 Å². The van der Waals surface area contributed by atoms with Gasteiger partial charge in [-0.3, -0.25) is 4.79 Å². The predicted molar refractivity (Wildman–Crippen MR) is 106 cm³/mol. The Morgan fingerprint density at radius 3 is 2.81 bits per heavy atom. The molecule has 27 heavy (non-hydrogen) atoms. The summed E-state index contributed by atoms with van der Waals surface area (Å²) in [6.07, 6.45) is 0. The highest BCUT2D eigenvalue weighted by atomic mass is 79.9. The number of likely N-dealkylation sites (N-methyl/N-ethyl adjacent to an activating group) is 1. The Hall–Kier alpha value is -2.38. The lowest BCUT2D eigenvalue weighted by molar-refractivity contribution is -0.132. The number of halogens is 2. The Labute approximate surface area is 170 Å². The summed E-state index contributed by atoms with van der Waals surface area (Å²) in [4.78, 5) is 18.1. The van der Waals surface area contributed by atoms with Crippen LogP contribution in [0.25, 0.3) is 11.4 Å². The molecule has 0 fully saturated rings. The van der Waals surface area contributed by atoms with Crippen LogP contribution in [0, 0.1) is 6.92 Å². The van der Waals surface area contributed by atoms with Gasteiger partial charge in [0, 0.05) is 12.6 Å². The fourth-order valence-electron chi connectivity index (χ4n) is 2.33. The van der Waals surface area contributed by atoms with Crippen LogP contribution in [0.3, 0.4) is 0 Å². The van der Waals surface area contributed by atoms with E-state index in [1.165, 1.54) is 4.90 Å². The maximum Gasteiger partial charge on any atom is 0.260 e. The summed E-state index contributed by atoms with van der Waals surface area (Å²) in [5.41, 5.74) is 1.78. The van der Waals surface area contributed by atoms with Gasteiger partial charge in [0.05, 0.1) is 16.0 Å². The Morgan fingerprint density at radius 1 is 1.30 bits per heavy atom. The molecule has 140 valence electrons. The average molecular weight is 451 g/mol. The molecular weight excluding hydrogens is 434 g/mol. The van der Waals surface area contributed by atoms with Crippen molar-refractivity contribution in [3.8, 4) is 17.1 Å². The molecule has 0 spiro atoms. The molecule has 0 N–H and O–H groups in total. The summed E-state index contributed by atoms with van der Waals surface area (Å²) >= 11 is 9.56. The first-order chi connectivity index (χ1) is 12.9. The highest BCUT2D eigenvalue weighted by molar-refractivity contribution is 9.10. The lowest BCUT2D eigenvalue weighted by Gasteiger charge is -2.15. The Morgan fingerprint density at radius 2 is 2.07 bits per heavy atom. The van der Waals surface area contributed by atoms with E-state index in [2.05, 4.69) is 26.1 Å². The molecule has 0 aliphatic heterocycles. The number of hydrogen-bond acceptors (Lipinski definition) is 5. The second-order valence-corrected chi connectivity index (χ2v) is 7.23. The first-order valence-electron chi connectivity index (χ1n) is 8.14. The van der Waals surface area contributed by atoms with Crippen molar-refractivity contribution in [2.75, 3.05) is 13.7 Å². The molecule has 0 aliphatic rings. The van der Waals surface area contributed by atoms with Gasteiger partial charge in [-0.2, -0.15) is 4.98 Å². The third kappa shape index (κ3) is 4.87. The normalized spacial score (nSPS) is 10.7. The number of nitrogens with zero attached hydrogens (tertiary/aromatic N) is 3. The molecule has 1 heterocycles. The average Bonchev–Trinajstić information content (AvgIpc) is 3.09. The van der Waals surface area contributed by atoms with Gasteiger partial charge in [-0.15, -0.1) is 0 Å². The fourth-order valence-corrected chi connectivity index (χ4v) is 3.16. The molecule has 0 radical (unpaired) electrons. The summed E-state index contributed by atoms with van der Waals surface area (Å²) in [6.45, 7) is 2.06. The number of amides is 1. The molecule has 0 atom stereocenters. The van der Waals surface area contributed by atoms with Gasteiger partial charge in [-0.1, -0.05) is 35.0 Å². The summed E-state index contributed by atoms with van der Waals surface area (Å²) in [6, 6.07) is 12.9. The number of aromatic nitrogens is 2. The predicted octanol–water partition coefficient (Wildman–Crippen LogP) is 4.50. The lowest BCUT2D eigenvalue weighted by atomic mass is 10.2. The van der Waals surface area contributed by atoms with Crippen LogP contribution in [0.5, 0.6) is 5.75 Å². The molecule has 0 aliphatic carbocycles. The minimum absolute atomic E-state index is 0.0936. The maximum atomic E-state index is 12.3. The Bertz CT molecular complexity index is 961. The zero-order chi connectivity index (χ0) is 19.4. The van der Waals surface area contributed by atoms with Crippen LogP contribution in [0.1, 0.15) is 11.5 Å². The zero-order valence-electron chi connectivity index (χ0n) is 14.8. The standard InChI is InChI=1S/C19H17BrClN3O3/c1-12-7-8-16(14(20)9-12)26-11-18(25)24(2)10-17-22-19(23-27-17)13-5-3-4-6-15(13)21/h3-9H,10-11H2,1-2H3. The van der Waals surface area contributed by atoms with Gasteiger partial charge in [0.2, 0.25) is 11.7 Å². The molecule has 2 aromatic carbocycles. The molecule has 3 aromatic rings. The van der Waals surface area contributed by atoms with Gasteiger partial charge in [-0.05, 0) is 52.7 Å². The van der Waals surface area contributed by atoms with Gasteiger partial charge in [0.1, 0.15) is 5.75 Å². The molecular formula is C19H17BrClN3O3. The number of carbonyl (C=O) groups excluding carboxylic acids is 1. The van der Waals surface area contributed by atoms with Crippen molar-refractivity contribution in [2.45, 2.75) is 13.5 Å². The van der Waals surface area contributed by atoms with Crippen molar-refractivity contribution in [1.82, 2.24) is 15.0 Å². The molecule has 1 aromatic heterocycles. The number of aryl methyl sites for hydroxylation is 1. The van der Waals surface area contributed by atoms with Crippen molar-refractivity contribution >= 4 is 33.4 Å². The smallest absolute Gasteiger partial charge is 0.260 e. The second kappa shape index (κ2) is 8.54. The lowest BCUT2D eigenvalue weighted by Crippen LogP contribution is -2.31. The first kappa shape index (κ1) is 19.4. The maximum absolute atomic E-state index is 12.3. The molecule has 0 saturated heterocycles. The SMILES string of the molecule is Cc1ccc(OCC(=O)N(C)Cc2nc(-c3ccccc3Cl)no2)c(Br)c1. The monoisotopic (exact) mass is 449 g/mol. The Balaban J connectivity index is 1.59. The third-order valence-electron chi connectivity index (χ3n) is 3.82. The van der Waals surface area contributed by atoms with E-state index in [1.54, 1.807) is 19.2 Å². The second-order valence-electron chi connectivity index (χ2n) is 5.96. The van der Waals surface area contributed by atoms with E-state index >= 15 is 0 Å². The van der Waals surface area contributed by atoms with Crippen molar-refractivity contribution in [3.63, 3.8) is 0 Å². The van der Waals surface area contributed by atoms with Crippen LogP contribution in [0.4, 0.5) is 0 Å². The van der Waals surface area contributed by atoms with Crippen LogP contribution < -0.4 is 4.74 Å². The molecule has 0 unspecified atom stereocenters. The van der Waals surface area contributed by atoms with Crippen molar-refractivity contribution in [2.24, 2.45) is 0 Å². The third-order valence-corrected chi connectivity index (χ3v) is 4.77. The molecule has 0 bridgehead atoms. The number of hydrogen-bond donors (Lipinski definition) is 0. The van der Waals surface area contributed by atoms with Gasteiger partial charge < -0.3 is 14.2 Å². The fraction of sp³-hybridized carbons (Fsp3) is 0.211. The summed E-state index contributed by atoms with van der Waals surface area (Å²) in [5.74, 6) is 1.11. The highest BCUT2D eigenvalue weighted by Crippen LogP contribution is 2.26. The number of benzene rings is 2. The summed E-state index contributed by atoms with van der Waals surface area (Å²) < 4.78 is 11.6. The van der Waals surface area contributed by atoms with E-state index in [1.807, 2.05) is 37.3 Å².